The molecular weight excluding hydrogens is 379 g/mol. The number of hydrogen-bond acceptors (Lipinski definition) is 4. The molecule has 2 N–H and O–H groups in total. The summed E-state index contributed by atoms with van der Waals surface area (Å²) in [5, 5.41) is 11.2. The molecule has 1 unspecified atom stereocenters. The number of hydrogen-bond donors (Lipinski definition) is 2. The topological polar surface area (TPSA) is 84.9 Å². The van der Waals surface area contributed by atoms with Crippen LogP contribution in [0.5, 0.6) is 11.5 Å². The molecule has 2 aromatic carbocycles. The zero-order valence-electron chi connectivity index (χ0n) is 15.0. The molecule has 9 heteroatoms. The number of carboxylic acids is 1. The summed E-state index contributed by atoms with van der Waals surface area (Å²) in [6, 6.07) is 9.14. The van der Waals surface area contributed by atoms with Gasteiger partial charge in [-0.05, 0) is 49.7 Å². The number of carbonyl (C=O) groups is 2. The fourth-order valence-electron chi connectivity index (χ4n) is 2.29. The Bertz CT molecular complexity index is 867. The molecule has 0 aromatic heterocycles. The van der Waals surface area contributed by atoms with E-state index in [1.54, 1.807) is 6.92 Å². The minimum atomic E-state index is -4.60. The molecule has 0 aliphatic heterocycles. The van der Waals surface area contributed by atoms with E-state index in [0.717, 1.165) is 12.1 Å². The predicted molar refractivity (Wildman–Crippen MR) is 94.5 cm³/mol. The second kappa shape index (κ2) is 8.64. The second-order valence-corrected chi connectivity index (χ2v) is 5.90. The summed E-state index contributed by atoms with van der Waals surface area (Å²) in [5.41, 5.74) is 0.0112. The molecule has 28 heavy (non-hydrogen) atoms. The van der Waals surface area contributed by atoms with Crippen molar-refractivity contribution in [3.05, 3.63) is 53.6 Å². The number of benzene rings is 2. The van der Waals surface area contributed by atoms with Crippen molar-refractivity contribution in [3.8, 4) is 11.5 Å². The lowest BCUT2D eigenvalue weighted by Gasteiger charge is -2.19. The molecule has 0 aliphatic carbocycles. The Hall–Kier alpha value is -3.23. The third kappa shape index (κ3) is 5.63. The zero-order valence-corrected chi connectivity index (χ0v) is 15.0. The Balaban J connectivity index is 2.06. The number of carboxylic acid groups (broad SMARTS) is 1. The molecule has 1 atom stereocenters. The van der Waals surface area contributed by atoms with E-state index in [1.165, 1.54) is 37.3 Å². The average Bonchev–Trinajstić information content (AvgIpc) is 2.61. The van der Waals surface area contributed by atoms with Crippen LogP contribution < -0.4 is 14.8 Å². The SMILES string of the molecule is Cc1cc(OCC(=O)O)ccc1NC(=O)C(C)Oc1ccccc1C(F)(F)F. The molecule has 0 heterocycles. The van der Waals surface area contributed by atoms with Gasteiger partial charge in [-0.25, -0.2) is 4.79 Å². The summed E-state index contributed by atoms with van der Waals surface area (Å²) in [6.07, 6.45) is -5.79. The Morgan fingerprint density at radius 1 is 1.18 bits per heavy atom. The van der Waals surface area contributed by atoms with Gasteiger partial charge in [-0.1, -0.05) is 12.1 Å². The molecule has 2 rings (SSSR count). The number of halogens is 3. The normalized spacial score (nSPS) is 12.2. The van der Waals surface area contributed by atoms with Crippen LogP contribution in [0, 0.1) is 6.92 Å². The number of nitrogens with one attached hydrogen (secondary N) is 1. The molecule has 0 bridgehead atoms. The van der Waals surface area contributed by atoms with E-state index in [2.05, 4.69) is 5.32 Å². The van der Waals surface area contributed by atoms with Crippen molar-refractivity contribution in [3.63, 3.8) is 0 Å². The number of amides is 1. The van der Waals surface area contributed by atoms with Crippen molar-refractivity contribution >= 4 is 17.6 Å². The summed E-state index contributed by atoms with van der Waals surface area (Å²) in [7, 11) is 0. The maximum Gasteiger partial charge on any atom is 0.419 e. The first-order valence-electron chi connectivity index (χ1n) is 8.17. The van der Waals surface area contributed by atoms with Gasteiger partial charge in [0.15, 0.2) is 12.7 Å². The molecule has 150 valence electrons. The molecule has 0 aliphatic rings. The number of carbonyl (C=O) groups excluding carboxylic acids is 1. The number of aryl methyl sites for hydroxylation is 1. The number of alkyl halides is 3. The van der Waals surface area contributed by atoms with Crippen LogP contribution in [0.25, 0.3) is 0 Å². The van der Waals surface area contributed by atoms with Gasteiger partial charge in [-0.15, -0.1) is 0 Å². The number of rotatable bonds is 7. The van der Waals surface area contributed by atoms with E-state index in [9.17, 15) is 22.8 Å². The van der Waals surface area contributed by atoms with Gasteiger partial charge in [-0.3, -0.25) is 4.79 Å². The van der Waals surface area contributed by atoms with Crippen LogP contribution in [0.15, 0.2) is 42.5 Å². The molecule has 2 aromatic rings. The van der Waals surface area contributed by atoms with Crippen molar-refractivity contribution in [2.45, 2.75) is 26.1 Å². The summed E-state index contributed by atoms with van der Waals surface area (Å²) >= 11 is 0. The van der Waals surface area contributed by atoms with Crippen molar-refractivity contribution < 1.29 is 37.3 Å². The lowest BCUT2D eigenvalue weighted by molar-refractivity contribution is -0.140. The average molecular weight is 397 g/mol. The highest BCUT2D eigenvalue weighted by atomic mass is 19.4. The number of ether oxygens (including phenoxy) is 2. The molecule has 1 amide bonds. The van der Waals surface area contributed by atoms with Gasteiger partial charge >= 0.3 is 12.1 Å². The Kier molecular flexibility index (Phi) is 6.50. The van der Waals surface area contributed by atoms with E-state index in [1.807, 2.05) is 0 Å². The number of para-hydroxylation sites is 1. The van der Waals surface area contributed by atoms with Gasteiger partial charge in [-0.2, -0.15) is 13.2 Å². The Labute approximate surface area is 158 Å². The Morgan fingerprint density at radius 2 is 1.86 bits per heavy atom. The summed E-state index contributed by atoms with van der Waals surface area (Å²) in [6.45, 7) is 2.49. The third-order valence-corrected chi connectivity index (χ3v) is 3.68. The van der Waals surface area contributed by atoms with Gasteiger partial charge in [0.25, 0.3) is 5.91 Å². The van der Waals surface area contributed by atoms with Gasteiger partial charge in [0.1, 0.15) is 11.5 Å². The van der Waals surface area contributed by atoms with Crippen LogP contribution in [0.1, 0.15) is 18.1 Å². The largest absolute Gasteiger partial charge is 0.482 e. The van der Waals surface area contributed by atoms with Gasteiger partial charge in [0, 0.05) is 5.69 Å². The molecule has 0 fully saturated rings. The Morgan fingerprint density at radius 3 is 2.46 bits per heavy atom. The van der Waals surface area contributed by atoms with Crippen molar-refractivity contribution in [2.24, 2.45) is 0 Å². The van der Waals surface area contributed by atoms with Crippen LogP contribution >= 0.6 is 0 Å². The predicted octanol–water partition coefficient (Wildman–Crippen LogP) is 3.88. The van der Waals surface area contributed by atoms with Crippen molar-refractivity contribution in [1.82, 2.24) is 0 Å². The molecule has 0 saturated carbocycles. The van der Waals surface area contributed by atoms with Crippen LogP contribution in [0.2, 0.25) is 0 Å². The monoisotopic (exact) mass is 397 g/mol. The first-order chi connectivity index (χ1) is 13.1. The van der Waals surface area contributed by atoms with Crippen molar-refractivity contribution in [2.75, 3.05) is 11.9 Å². The van der Waals surface area contributed by atoms with E-state index in [4.69, 9.17) is 14.6 Å². The minimum Gasteiger partial charge on any atom is -0.482 e. The smallest absolute Gasteiger partial charge is 0.419 e. The lowest BCUT2D eigenvalue weighted by Crippen LogP contribution is -2.31. The van der Waals surface area contributed by atoms with Gasteiger partial charge < -0.3 is 19.9 Å². The molecule has 0 saturated heterocycles. The van der Waals surface area contributed by atoms with Crippen molar-refractivity contribution in [1.29, 1.82) is 0 Å². The standard InChI is InChI=1S/C19H18F3NO5/c1-11-9-13(27-10-17(24)25)7-8-15(11)23-18(26)12(2)28-16-6-4-3-5-14(16)19(20,21)22/h3-9,12H,10H2,1-2H3,(H,23,26)(H,24,25). The maximum atomic E-state index is 13.0. The first-order valence-corrected chi connectivity index (χ1v) is 8.17. The maximum absolute atomic E-state index is 13.0. The fraction of sp³-hybridized carbons (Fsp3) is 0.263. The van der Waals surface area contributed by atoms with Crippen LogP contribution in [0.3, 0.4) is 0 Å². The molecule has 0 radical (unpaired) electrons. The molecule has 0 spiro atoms. The quantitative estimate of drug-likeness (QED) is 0.741. The molecular formula is C19H18F3NO5. The van der Waals surface area contributed by atoms with Gasteiger partial charge in [0.05, 0.1) is 5.56 Å². The van der Waals surface area contributed by atoms with E-state index in [0.29, 0.717) is 17.0 Å². The summed E-state index contributed by atoms with van der Waals surface area (Å²) in [5.74, 6) is -1.90. The zero-order chi connectivity index (χ0) is 20.9. The number of anilines is 1. The van der Waals surface area contributed by atoms with E-state index >= 15 is 0 Å². The highest BCUT2D eigenvalue weighted by Crippen LogP contribution is 2.36. The van der Waals surface area contributed by atoms with Crippen LogP contribution in [0.4, 0.5) is 18.9 Å². The summed E-state index contributed by atoms with van der Waals surface area (Å²) < 4.78 is 49.3. The lowest BCUT2D eigenvalue weighted by atomic mass is 10.1. The summed E-state index contributed by atoms with van der Waals surface area (Å²) in [4.78, 5) is 22.8. The van der Waals surface area contributed by atoms with E-state index < -0.39 is 42.1 Å². The minimum absolute atomic E-state index is 0.307. The number of aliphatic carboxylic acids is 1. The highest BCUT2D eigenvalue weighted by Gasteiger charge is 2.34. The van der Waals surface area contributed by atoms with Gasteiger partial charge in [0.2, 0.25) is 0 Å². The van der Waals surface area contributed by atoms with Crippen LogP contribution in [-0.4, -0.2) is 29.7 Å². The fourth-order valence-corrected chi connectivity index (χ4v) is 2.29. The first kappa shape index (κ1) is 21.1. The highest BCUT2D eigenvalue weighted by molar-refractivity contribution is 5.94. The second-order valence-electron chi connectivity index (χ2n) is 5.90. The van der Waals surface area contributed by atoms with Crippen LogP contribution in [-0.2, 0) is 15.8 Å². The molecule has 6 nitrogen and oxygen atoms in total. The third-order valence-electron chi connectivity index (χ3n) is 3.68. The van der Waals surface area contributed by atoms with E-state index in [-0.39, 0.29) is 0 Å².